The molecule has 10 heteroatoms. The summed E-state index contributed by atoms with van der Waals surface area (Å²) in [6, 6.07) is 11.0. The van der Waals surface area contributed by atoms with Crippen molar-refractivity contribution in [3.05, 3.63) is 83.5 Å². The standard InChI is InChI=1S/C26H19FN4O4S/c1-14-23(22-4-3-9-36-22)25(32)17(13-29-14)26(33)31-15-5-6-20(18(27)10-15)35-21-7-8-28-19-11-16(34-2)12-30-24(19)21/h3-13H,1-2H3,(H,29,32)(H,31,33). The van der Waals surface area contributed by atoms with Gasteiger partial charge in [0.05, 0.1) is 24.4 Å². The highest BCUT2D eigenvalue weighted by molar-refractivity contribution is 7.13. The molecule has 36 heavy (non-hydrogen) atoms. The van der Waals surface area contributed by atoms with Gasteiger partial charge < -0.3 is 19.9 Å². The number of amides is 1. The van der Waals surface area contributed by atoms with Gasteiger partial charge in [-0.1, -0.05) is 6.07 Å². The van der Waals surface area contributed by atoms with Crippen LogP contribution >= 0.6 is 11.3 Å². The van der Waals surface area contributed by atoms with Crippen LogP contribution in [0.3, 0.4) is 0 Å². The third kappa shape index (κ3) is 4.41. The third-order valence-corrected chi connectivity index (χ3v) is 6.30. The van der Waals surface area contributed by atoms with Gasteiger partial charge in [0, 0.05) is 46.9 Å². The van der Waals surface area contributed by atoms with Crippen molar-refractivity contribution in [2.24, 2.45) is 0 Å². The summed E-state index contributed by atoms with van der Waals surface area (Å²) >= 11 is 1.43. The minimum Gasteiger partial charge on any atom is -0.506 e. The van der Waals surface area contributed by atoms with E-state index in [4.69, 9.17) is 9.47 Å². The number of pyridine rings is 3. The van der Waals surface area contributed by atoms with E-state index in [-0.39, 0.29) is 22.7 Å². The van der Waals surface area contributed by atoms with Gasteiger partial charge in [-0.25, -0.2) is 9.37 Å². The SMILES string of the molecule is COc1cnc2c(Oc3ccc(NC(=O)c4cnc(C)c(-c5cccs5)c4O)cc3F)ccnc2c1. The Labute approximate surface area is 209 Å². The Morgan fingerprint density at radius 2 is 1.94 bits per heavy atom. The number of carbonyl (C=O) groups excluding carboxylic acids is 1. The number of anilines is 1. The van der Waals surface area contributed by atoms with Crippen LogP contribution in [0.5, 0.6) is 23.0 Å². The van der Waals surface area contributed by atoms with Crippen LogP contribution in [0.2, 0.25) is 0 Å². The predicted octanol–water partition coefficient (Wildman–Crippen LogP) is 5.96. The number of methoxy groups -OCH3 is 1. The molecule has 2 N–H and O–H groups in total. The molecule has 0 fully saturated rings. The number of hydrogen-bond donors (Lipinski definition) is 2. The first-order valence-corrected chi connectivity index (χ1v) is 11.6. The molecular formula is C26H19FN4O4S. The number of halogens is 1. The fourth-order valence-electron chi connectivity index (χ4n) is 3.63. The summed E-state index contributed by atoms with van der Waals surface area (Å²) in [6.45, 7) is 1.75. The number of hydrogen-bond acceptors (Lipinski definition) is 8. The van der Waals surface area contributed by atoms with Gasteiger partial charge in [0.1, 0.15) is 22.6 Å². The third-order valence-electron chi connectivity index (χ3n) is 5.41. The fourth-order valence-corrected chi connectivity index (χ4v) is 4.46. The highest BCUT2D eigenvalue weighted by Gasteiger charge is 2.20. The molecule has 0 aliphatic heterocycles. The second kappa shape index (κ2) is 9.59. The zero-order valence-corrected chi connectivity index (χ0v) is 20.0. The highest BCUT2D eigenvalue weighted by atomic mass is 32.1. The molecule has 1 amide bonds. The summed E-state index contributed by atoms with van der Waals surface area (Å²) in [5.41, 5.74) is 2.22. The van der Waals surface area contributed by atoms with Crippen molar-refractivity contribution in [3.63, 3.8) is 0 Å². The molecule has 180 valence electrons. The summed E-state index contributed by atoms with van der Waals surface area (Å²) in [5, 5.41) is 15.2. The summed E-state index contributed by atoms with van der Waals surface area (Å²) in [6.07, 6.45) is 4.34. The number of benzene rings is 1. The fraction of sp³-hybridized carbons (Fsp3) is 0.0769. The zero-order chi connectivity index (χ0) is 25.2. The zero-order valence-electron chi connectivity index (χ0n) is 19.2. The number of rotatable bonds is 6. The Hall–Kier alpha value is -4.57. The average Bonchev–Trinajstić information content (AvgIpc) is 3.40. The Morgan fingerprint density at radius 3 is 2.69 bits per heavy atom. The van der Waals surface area contributed by atoms with Crippen LogP contribution < -0.4 is 14.8 Å². The lowest BCUT2D eigenvalue weighted by atomic mass is 10.1. The summed E-state index contributed by atoms with van der Waals surface area (Å²) in [4.78, 5) is 26.4. The van der Waals surface area contributed by atoms with E-state index in [1.165, 1.54) is 49.2 Å². The maximum atomic E-state index is 14.9. The minimum atomic E-state index is -0.697. The molecule has 5 aromatic rings. The number of carbonyl (C=O) groups is 1. The summed E-state index contributed by atoms with van der Waals surface area (Å²) < 4.78 is 25.8. The minimum absolute atomic E-state index is 0.0190. The van der Waals surface area contributed by atoms with Crippen LogP contribution in [0, 0.1) is 12.7 Å². The first-order valence-electron chi connectivity index (χ1n) is 10.7. The summed E-state index contributed by atoms with van der Waals surface area (Å²) in [5.74, 6) is -0.707. The maximum absolute atomic E-state index is 14.9. The number of thiophene rings is 1. The maximum Gasteiger partial charge on any atom is 0.261 e. The molecule has 0 radical (unpaired) electrons. The molecule has 1 aromatic carbocycles. The van der Waals surface area contributed by atoms with E-state index in [1.807, 2.05) is 17.5 Å². The van der Waals surface area contributed by atoms with Crippen LogP contribution in [0.25, 0.3) is 21.5 Å². The monoisotopic (exact) mass is 502 g/mol. The molecule has 0 atom stereocenters. The number of nitrogens with zero attached hydrogens (tertiary/aromatic N) is 3. The average molecular weight is 503 g/mol. The van der Waals surface area contributed by atoms with Crippen molar-refractivity contribution in [1.82, 2.24) is 15.0 Å². The molecule has 0 saturated carbocycles. The van der Waals surface area contributed by atoms with Crippen molar-refractivity contribution in [2.75, 3.05) is 12.4 Å². The molecule has 5 rings (SSSR count). The number of ether oxygens (including phenoxy) is 2. The van der Waals surface area contributed by atoms with Crippen LogP contribution in [-0.2, 0) is 0 Å². The molecule has 0 aliphatic carbocycles. The van der Waals surface area contributed by atoms with Crippen LogP contribution in [-0.4, -0.2) is 33.1 Å². The molecule has 8 nitrogen and oxygen atoms in total. The largest absolute Gasteiger partial charge is 0.506 e. The van der Waals surface area contributed by atoms with E-state index in [2.05, 4.69) is 20.3 Å². The lowest BCUT2D eigenvalue weighted by molar-refractivity contribution is 0.102. The number of fused-ring (bicyclic) bond motifs is 1. The van der Waals surface area contributed by atoms with E-state index >= 15 is 0 Å². The van der Waals surface area contributed by atoms with Crippen molar-refractivity contribution in [1.29, 1.82) is 0 Å². The van der Waals surface area contributed by atoms with E-state index in [0.29, 0.717) is 33.8 Å². The number of aromatic hydroxyl groups is 1. The van der Waals surface area contributed by atoms with Gasteiger partial charge in [-0.2, -0.15) is 0 Å². The van der Waals surface area contributed by atoms with E-state index < -0.39 is 11.7 Å². The second-order valence-corrected chi connectivity index (χ2v) is 8.66. The first kappa shape index (κ1) is 23.2. The normalized spacial score (nSPS) is 10.9. The molecule has 4 heterocycles. The van der Waals surface area contributed by atoms with Crippen molar-refractivity contribution >= 4 is 34.0 Å². The van der Waals surface area contributed by atoms with Gasteiger partial charge in [0.15, 0.2) is 17.3 Å². The lowest BCUT2D eigenvalue weighted by Crippen LogP contribution is -2.13. The Morgan fingerprint density at radius 1 is 1.08 bits per heavy atom. The smallest absolute Gasteiger partial charge is 0.261 e. The number of nitrogens with one attached hydrogen (secondary N) is 1. The molecule has 0 aliphatic rings. The van der Waals surface area contributed by atoms with Crippen LogP contribution in [0.4, 0.5) is 10.1 Å². The number of aromatic nitrogens is 3. The lowest BCUT2D eigenvalue weighted by Gasteiger charge is -2.13. The first-order chi connectivity index (χ1) is 17.4. The second-order valence-electron chi connectivity index (χ2n) is 7.71. The van der Waals surface area contributed by atoms with Gasteiger partial charge in [0.25, 0.3) is 5.91 Å². The van der Waals surface area contributed by atoms with Gasteiger partial charge in [0.2, 0.25) is 0 Å². The van der Waals surface area contributed by atoms with Crippen molar-refractivity contribution in [3.8, 4) is 33.4 Å². The highest BCUT2D eigenvalue weighted by Crippen LogP contribution is 2.37. The van der Waals surface area contributed by atoms with E-state index in [0.717, 1.165) is 10.9 Å². The Kier molecular flexibility index (Phi) is 6.17. The van der Waals surface area contributed by atoms with Gasteiger partial charge in [-0.15, -0.1) is 11.3 Å². The topological polar surface area (TPSA) is 106 Å². The predicted molar refractivity (Wildman–Crippen MR) is 134 cm³/mol. The van der Waals surface area contributed by atoms with Crippen LogP contribution in [0.1, 0.15) is 16.1 Å². The van der Waals surface area contributed by atoms with E-state index in [9.17, 15) is 14.3 Å². The van der Waals surface area contributed by atoms with Gasteiger partial charge >= 0.3 is 0 Å². The van der Waals surface area contributed by atoms with Crippen molar-refractivity contribution in [2.45, 2.75) is 6.92 Å². The Bertz CT molecular complexity index is 1590. The van der Waals surface area contributed by atoms with Crippen LogP contribution in [0.15, 0.2) is 66.4 Å². The molecule has 0 spiro atoms. The molecule has 0 saturated heterocycles. The summed E-state index contributed by atoms with van der Waals surface area (Å²) in [7, 11) is 1.53. The Balaban J connectivity index is 1.38. The van der Waals surface area contributed by atoms with E-state index in [1.54, 1.807) is 19.1 Å². The van der Waals surface area contributed by atoms with Gasteiger partial charge in [-0.3, -0.25) is 14.8 Å². The van der Waals surface area contributed by atoms with Gasteiger partial charge in [-0.05, 0) is 30.5 Å². The molecular weight excluding hydrogens is 483 g/mol. The molecule has 0 unspecified atom stereocenters. The van der Waals surface area contributed by atoms with Crippen molar-refractivity contribution < 1.29 is 23.8 Å². The molecule has 4 aromatic heterocycles. The number of aryl methyl sites for hydroxylation is 1. The molecule has 0 bridgehead atoms. The quantitative estimate of drug-likeness (QED) is 0.295.